The molecule has 0 bridgehead atoms. The van der Waals surface area contributed by atoms with E-state index in [0.717, 1.165) is 0 Å². The van der Waals surface area contributed by atoms with Crippen molar-refractivity contribution in [3.05, 3.63) is 63.3 Å². The fourth-order valence-corrected chi connectivity index (χ4v) is 2.77. The molecule has 2 aromatic carbocycles. The molecule has 0 amide bonds. The molecule has 0 aliphatic heterocycles. The normalized spacial score (nSPS) is 11.8. The van der Waals surface area contributed by atoms with Crippen LogP contribution in [0.5, 0.6) is 0 Å². The number of ether oxygens (including phenoxy) is 1. The van der Waals surface area contributed by atoms with E-state index in [1.807, 2.05) is 0 Å². The van der Waals surface area contributed by atoms with Gasteiger partial charge in [-0.2, -0.15) is 0 Å². The van der Waals surface area contributed by atoms with Crippen LogP contribution in [0.1, 0.15) is 11.6 Å². The van der Waals surface area contributed by atoms with Crippen LogP contribution in [0.15, 0.2) is 46.9 Å². The lowest BCUT2D eigenvalue weighted by Crippen LogP contribution is -2.22. The van der Waals surface area contributed by atoms with Gasteiger partial charge in [-0.1, -0.05) is 39.7 Å². The van der Waals surface area contributed by atoms with Crippen LogP contribution in [0.25, 0.3) is 0 Å². The van der Waals surface area contributed by atoms with Crippen LogP contribution >= 0.6 is 27.5 Å². The van der Waals surface area contributed by atoms with E-state index in [1.165, 1.54) is 19.2 Å². The monoisotopic (exact) mass is 371 g/mol. The lowest BCUT2D eigenvalue weighted by Gasteiger charge is -2.19. The minimum atomic E-state index is -0.775. The van der Waals surface area contributed by atoms with Gasteiger partial charge in [-0.3, -0.25) is 0 Å². The van der Waals surface area contributed by atoms with Gasteiger partial charge in [0.05, 0.1) is 7.11 Å². The second-order valence-electron chi connectivity index (χ2n) is 4.28. The summed E-state index contributed by atoms with van der Waals surface area (Å²) >= 11 is 9.27. The molecule has 0 radical (unpaired) electrons. The highest BCUT2D eigenvalue weighted by atomic mass is 79.9. The van der Waals surface area contributed by atoms with Crippen molar-refractivity contribution in [2.75, 3.05) is 12.4 Å². The van der Waals surface area contributed by atoms with Crippen molar-refractivity contribution in [1.82, 2.24) is 0 Å². The fraction of sp³-hybridized carbons (Fsp3) is 0.133. The minimum absolute atomic E-state index is 0.390. The van der Waals surface area contributed by atoms with Crippen LogP contribution in [0.4, 0.5) is 10.1 Å². The first-order valence-corrected chi connectivity index (χ1v) is 7.23. The van der Waals surface area contributed by atoms with Crippen LogP contribution in [0.2, 0.25) is 5.02 Å². The summed E-state index contributed by atoms with van der Waals surface area (Å²) < 4.78 is 18.7. The summed E-state index contributed by atoms with van der Waals surface area (Å²) in [5, 5.41) is 3.50. The van der Waals surface area contributed by atoms with E-state index in [0.29, 0.717) is 20.7 Å². The average Bonchev–Trinajstić information content (AvgIpc) is 2.45. The molecule has 1 N–H and O–H groups in total. The maximum atomic E-state index is 13.3. The highest BCUT2D eigenvalue weighted by Gasteiger charge is 2.23. The third-order valence-corrected chi connectivity index (χ3v) is 3.77. The van der Waals surface area contributed by atoms with Crippen molar-refractivity contribution in [2.24, 2.45) is 0 Å². The number of benzene rings is 2. The summed E-state index contributed by atoms with van der Waals surface area (Å²) in [4.78, 5) is 12.0. The number of hydrogen-bond donors (Lipinski definition) is 1. The zero-order valence-electron chi connectivity index (χ0n) is 11.1. The Morgan fingerprint density at radius 1 is 1.33 bits per heavy atom. The number of carbonyl (C=O) groups is 1. The molecule has 0 aromatic heterocycles. The van der Waals surface area contributed by atoms with Gasteiger partial charge >= 0.3 is 5.97 Å². The summed E-state index contributed by atoms with van der Waals surface area (Å²) in [6.07, 6.45) is 0. The van der Waals surface area contributed by atoms with Gasteiger partial charge in [-0.05, 0) is 35.9 Å². The zero-order chi connectivity index (χ0) is 15.4. The number of halogens is 3. The highest BCUT2D eigenvalue weighted by Crippen LogP contribution is 2.30. The lowest BCUT2D eigenvalue weighted by molar-refractivity contribution is -0.141. The molecule has 6 heteroatoms. The zero-order valence-corrected chi connectivity index (χ0v) is 13.4. The maximum Gasteiger partial charge on any atom is 0.333 e. The molecular formula is C15H12BrClFNO2. The first-order valence-electron chi connectivity index (χ1n) is 6.06. The standard InChI is InChI=1S/C15H12BrClFNO2/c1-21-15(20)14(12-6-5-9(17)7-13(12)16)19-11-4-2-3-10(18)8-11/h2-8,14,19H,1H3. The predicted molar refractivity (Wildman–Crippen MR) is 83.9 cm³/mol. The molecule has 2 aromatic rings. The van der Waals surface area contributed by atoms with E-state index in [4.69, 9.17) is 16.3 Å². The third kappa shape index (κ3) is 3.95. The Morgan fingerprint density at radius 2 is 2.10 bits per heavy atom. The Labute approximate surface area is 135 Å². The first kappa shape index (κ1) is 15.8. The molecule has 0 aliphatic carbocycles. The first-order chi connectivity index (χ1) is 10.0. The SMILES string of the molecule is COC(=O)C(Nc1cccc(F)c1)c1ccc(Cl)cc1Br. The van der Waals surface area contributed by atoms with E-state index in [2.05, 4.69) is 21.2 Å². The smallest absolute Gasteiger partial charge is 0.333 e. The summed E-state index contributed by atoms with van der Waals surface area (Å²) in [7, 11) is 1.30. The van der Waals surface area contributed by atoms with Crippen molar-refractivity contribution < 1.29 is 13.9 Å². The molecule has 0 spiro atoms. The molecule has 3 nitrogen and oxygen atoms in total. The topological polar surface area (TPSA) is 38.3 Å². The highest BCUT2D eigenvalue weighted by molar-refractivity contribution is 9.10. The van der Waals surface area contributed by atoms with Crippen LogP contribution in [-0.4, -0.2) is 13.1 Å². The lowest BCUT2D eigenvalue weighted by atomic mass is 10.1. The van der Waals surface area contributed by atoms with Crippen LogP contribution in [0.3, 0.4) is 0 Å². The second kappa shape index (κ2) is 6.91. The number of esters is 1. The van der Waals surface area contributed by atoms with E-state index in [1.54, 1.807) is 30.3 Å². The van der Waals surface area contributed by atoms with Crippen molar-refractivity contribution in [3.8, 4) is 0 Å². The van der Waals surface area contributed by atoms with Gasteiger partial charge in [0.1, 0.15) is 5.82 Å². The molecule has 0 aliphatic rings. The number of nitrogens with one attached hydrogen (secondary N) is 1. The van der Waals surface area contributed by atoms with Crippen molar-refractivity contribution in [1.29, 1.82) is 0 Å². The fourth-order valence-electron chi connectivity index (χ4n) is 1.86. The Balaban J connectivity index is 2.37. The maximum absolute atomic E-state index is 13.3. The number of methoxy groups -OCH3 is 1. The number of carbonyl (C=O) groups excluding carboxylic acids is 1. The van der Waals surface area contributed by atoms with E-state index >= 15 is 0 Å². The molecule has 1 unspecified atom stereocenters. The third-order valence-electron chi connectivity index (χ3n) is 2.85. The molecule has 1 atom stereocenters. The van der Waals surface area contributed by atoms with Gasteiger partial charge in [0.2, 0.25) is 0 Å². The molecule has 2 rings (SSSR count). The molecule has 0 fully saturated rings. The van der Waals surface area contributed by atoms with E-state index in [9.17, 15) is 9.18 Å². The quantitative estimate of drug-likeness (QED) is 0.799. The second-order valence-corrected chi connectivity index (χ2v) is 5.57. The summed E-state index contributed by atoms with van der Waals surface area (Å²) in [5.41, 5.74) is 1.13. The molecule has 0 saturated heterocycles. The van der Waals surface area contributed by atoms with Crippen LogP contribution < -0.4 is 5.32 Å². The van der Waals surface area contributed by atoms with Crippen LogP contribution in [0, 0.1) is 5.82 Å². The van der Waals surface area contributed by atoms with Gasteiger partial charge in [0.25, 0.3) is 0 Å². The number of anilines is 1. The van der Waals surface area contributed by atoms with Gasteiger partial charge in [-0.25, -0.2) is 9.18 Å². The molecule has 0 heterocycles. The Hall–Kier alpha value is -1.59. The molecule has 0 saturated carbocycles. The van der Waals surface area contributed by atoms with E-state index < -0.39 is 17.8 Å². The summed E-state index contributed by atoms with van der Waals surface area (Å²) in [5.74, 6) is -0.874. The predicted octanol–water partition coefficient (Wildman–Crippen LogP) is 4.57. The van der Waals surface area contributed by atoms with Crippen molar-refractivity contribution in [3.63, 3.8) is 0 Å². The summed E-state index contributed by atoms with van der Waals surface area (Å²) in [6.45, 7) is 0. The Morgan fingerprint density at radius 3 is 2.71 bits per heavy atom. The molecular weight excluding hydrogens is 361 g/mol. The van der Waals surface area contributed by atoms with Gasteiger partial charge in [-0.15, -0.1) is 0 Å². The average molecular weight is 373 g/mol. The number of rotatable bonds is 4. The molecule has 21 heavy (non-hydrogen) atoms. The largest absolute Gasteiger partial charge is 0.467 e. The Bertz CT molecular complexity index is 666. The Kier molecular flexibility index (Phi) is 5.20. The van der Waals surface area contributed by atoms with Crippen LogP contribution in [-0.2, 0) is 9.53 Å². The van der Waals surface area contributed by atoms with Gasteiger partial charge in [0, 0.05) is 15.2 Å². The summed E-state index contributed by atoms with van der Waals surface area (Å²) in [6, 6.07) is 10.1. The van der Waals surface area contributed by atoms with E-state index in [-0.39, 0.29) is 0 Å². The van der Waals surface area contributed by atoms with Crippen molar-refractivity contribution in [2.45, 2.75) is 6.04 Å². The van der Waals surface area contributed by atoms with Gasteiger partial charge in [0.15, 0.2) is 6.04 Å². The minimum Gasteiger partial charge on any atom is -0.467 e. The van der Waals surface area contributed by atoms with Gasteiger partial charge < -0.3 is 10.1 Å². The molecule has 110 valence electrons. The van der Waals surface area contributed by atoms with Crippen molar-refractivity contribution >= 4 is 39.2 Å². The number of hydrogen-bond acceptors (Lipinski definition) is 3.